The van der Waals surface area contributed by atoms with Gasteiger partial charge in [-0.15, -0.1) is 0 Å². The summed E-state index contributed by atoms with van der Waals surface area (Å²) in [5.74, 6) is 0.606. The van der Waals surface area contributed by atoms with Gasteiger partial charge >= 0.3 is 0 Å². The van der Waals surface area contributed by atoms with Crippen molar-refractivity contribution in [1.29, 1.82) is 0 Å². The molecule has 5 heteroatoms. The highest BCUT2D eigenvalue weighted by atomic mass is 16.6. The lowest BCUT2D eigenvalue weighted by atomic mass is 10.1. The van der Waals surface area contributed by atoms with Crippen LogP contribution in [0.15, 0.2) is 30.3 Å². The molecule has 1 N–H and O–H groups in total. The van der Waals surface area contributed by atoms with Crippen LogP contribution in [0.4, 0.5) is 5.69 Å². The van der Waals surface area contributed by atoms with Gasteiger partial charge < -0.3 is 0 Å². The second kappa shape index (κ2) is 3.69. The van der Waals surface area contributed by atoms with E-state index in [1.807, 2.05) is 12.1 Å². The van der Waals surface area contributed by atoms with Crippen molar-refractivity contribution in [2.24, 2.45) is 0 Å². The van der Waals surface area contributed by atoms with Crippen molar-refractivity contribution in [1.82, 2.24) is 10.2 Å². The molecule has 2 aromatic rings. The number of hydrogen-bond acceptors (Lipinski definition) is 3. The van der Waals surface area contributed by atoms with Crippen molar-refractivity contribution in [2.45, 2.75) is 18.8 Å². The summed E-state index contributed by atoms with van der Waals surface area (Å²) in [6.45, 7) is 0. The van der Waals surface area contributed by atoms with Crippen LogP contribution < -0.4 is 0 Å². The summed E-state index contributed by atoms with van der Waals surface area (Å²) in [5.41, 5.74) is 2.78. The van der Waals surface area contributed by atoms with Crippen LogP contribution in [0.1, 0.15) is 24.5 Å². The minimum Gasteiger partial charge on any atom is -0.282 e. The number of nitrogens with one attached hydrogen (secondary N) is 1. The number of rotatable bonds is 3. The Kier molecular flexibility index (Phi) is 2.18. The summed E-state index contributed by atoms with van der Waals surface area (Å²) in [4.78, 5) is 10.3. The third kappa shape index (κ3) is 1.91. The summed E-state index contributed by atoms with van der Waals surface area (Å²) in [7, 11) is 0. The fourth-order valence-corrected chi connectivity index (χ4v) is 1.87. The SMILES string of the molecule is O=[N+]([O-])c1cccc(-c2cc(C3CC3)[nH]n2)c1. The molecule has 1 aromatic heterocycles. The second-order valence-corrected chi connectivity index (χ2v) is 4.29. The molecule has 1 aliphatic carbocycles. The molecule has 1 saturated carbocycles. The molecular weight excluding hydrogens is 218 g/mol. The highest BCUT2D eigenvalue weighted by Crippen LogP contribution is 2.40. The minimum atomic E-state index is -0.391. The van der Waals surface area contributed by atoms with E-state index < -0.39 is 4.92 Å². The van der Waals surface area contributed by atoms with E-state index in [4.69, 9.17) is 0 Å². The van der Waals surface area contributed by atoms with Crippen LogP contribution >= 0.6 is 0 Å². The summed E-state index contributed by atoms with van der Waals surface area (Å²) < 4.78 is 0. The first-order chi connectivity index (χ1) is 8.24. The molecule has 0 amide bonds. The Hall–Kier alpha value is -2.17. The van der Waals surface area contributed by atoms with E-state index in [1.54, 1.807) is 12.1 Å². The highest BCUT2D eigenvalue weighted by molar-refractivity contribution is 5.62. The molecule has 3 rings (SSSR count). The van der Waals surface area contributed by atoms with Crippen LogP contribution in [0.2, 0.25) is 0 Å². The van der Waals surface area contributed by atoms with Crippen molar-refractivity contribution < 1.29 is 4.92 Å². The Balaban J connectivity index is 1.96. The number of nitro groups is 1. The Morgan fingerprint density at radius 1 is 1.35 bits per heavy atom. The number of H-pyrrole nitrogens is 1. The van der Waals surface area contributed by atoms with Gasteiger partial charge in [-0.1, -0.05) is 12.1 Å². The minimum absolute atomic E-state index is 0.0958. The van der Waals surface area contributed by atoms with E-state index >= 15 is 0 Å². The van der Waals surface area contributed by atoms with Gasteiger partial charge in [0.15, 0.2) is 0 Å². The third-order valence-electron chi connectivity index (χ3n) is 2.97. The van der Waals surface area contributed by atoms with Gasteiger partial charge in [0.05, 0.1) is 10.6 Å². The number of benzene rings is 1. The van der Waals surface area contributed by atoms with Crippen molar-refractivity contribution in [3.63, 3.8) is 0 Å². The normalized spacial score (nSPS) is 14.8. The van der Waals surface area contributed by atoms with Gasteiger partial charge in [-0.3, -0.25) is 15.2 Å². The maximum absolute atomic E-state index is 10.7. The van der Waals surface area contributed by atoms with Crippen LogP contribution in [0.3, 0.4) is 0 Å². The smallest absolute Gasteiger partial charge is 0.270 e. The second-order valence-electron chi connectivity index (χ2n) is 4.29. The van der Waals surface area contributed by atoms with E-state index in [-0.39, 0.29) is 5.69 Å². The lowest BCUT2D eigenvalue weighted by Crippen LogP contribution is -1.88. The summed E-state index contributed by atoms with van der Waals surface area (Å²) >= 11 is 0. The summed E-state index contributed by atoms with van der Waals surface area (Å²) in [6, 6.07) is 8.53. The molecule has 1 heterocycles. The average molecular weight is 229 g/mol. The Morgan fingerprint density at radius 2 is 2.18 bits per heavy atom. The van der Waals surface area contributed by atoms with Crippen LogP contribution in [-0.4, -0.2) is 15.1 Å². The molecule has 17 heavy (non-hydrogen) atoms. The predicted octanol–water partition coefficient (Wildman–Crippen LogP) is 2.86. The Bertz CT molecular complexity index is 573. The van der Waals surface area contributed by atoms with Crippen LogP contribution in [0.5, 0.6) is 0 Å². The number of non-ortho nitro benzene ring substituents is 1. The number of hydrogen-bond donors (Lipinski definition) is 1. The quantitative estimate of drug-likeness (QED) is 0.649. The van der Waals surface area contributed by atoms with Crippen molar-refractivity contribution >= 4 is 5.69 Å². The van der Waals surface area contributed by atoms with E-state index in [2.05, 4.69) is 10.2 Å². The number of aromatic nitrogens is 2. The molecule has 0 radical (unpaired) electrons. The van der Waals surface area contributed by atoms with Crippen LogP contribution in [0.25, 0.3) is 11.3 Å². The molecule has 0 saturated heterocycles. The monoisotopic (exact) mass is 229 g/mol. The zero-order chi connectivity index (χ0) is 11.8. The van der Waals surface area contributed by atoms with Crippen molar-refractivity contribution in [2.75, 3.05) is 0 Å². The topological polar surface area (TPSA) is 71.8 Å². The van der Waals surface area contributed by atoms with Crippen molar-refractivity contribution in [3.05, 3.63) is 46.1 Å². The molecular formula is C12H11N3O2. The lowest BCUT2D eigenvalue weighted by molar-refractivity contribution is -0.384. The first-order valence-electron chi connectivity index (χ1n) is 5.54. The van der Waals surface area contributed by atoms with Gasteiger partial charge in [0.1, 0.15) is 0 Å². The molecule has 5 nitrogen and oxygen atoms in total. The molecule has 0 bridgehead atoms. The largest absolute Gasteiger partial charge is 0.282 e. The third-order valence-corrected chi connectivity index (χ3v) is 2.97. The fraction of sp³-hybridized carbons (Fsp3) is 0.250. The van der Waals surface area contributed by atoms with Gasteiger partial charge in [0.25, 0.3) is 5.69 Å². The average Bonchev–Trinajstić information content (AvgIpc) is 3.07. The predicted molar refractivity (Wildman–Crippen MR) is 62.7 cm³/mol. The fourth-order valence-electron chi connectivity index (χ4n) is 1.87. The summed E-state index contributed by atoms with van der Waals surface area (Å²) in [6.07, 6.45) is 2.41. The molecule has 0 atom stereocenters. The van der Waals surface area contributed by atoms with Gasteiger partial charge in [-0.2, -0.15) is 5.10 Å². The zero-order valence-electron chi connectivity index (χ0n) is 9.09. The first-order valence-corrected chi connectivity index (χ1v) is 5.54. The highest BCUT2D eigenvalue weighted by Gasteiger charge is 2.25. The van der Waals surface area contributed by atoms with Gasteiger partial charge in [-0.05, 0) is 18.9 Å². The molecule has 1 fully saturated rings. The van der Waals surface area contributed by atoms with E-state index in [9.17, 15) is 10.1 Å². The molecule has 0 unspecified atom stereocenters. The number of nitrogens with zero attached hydrogens (tertiary/aromatic N) is 2. The van der Waals surface area contributed by atoms with Crippen LogP contribution in [-0.2, 0) is 0 Å². The molecule has 1 aliphatic rings. The van der Waals surface area contributed by atoms with Crippen molar-refractivity contribution in [3.8, 4) is 11.3 Å². The molecule has 0 spiro atoms. The number of aromatic amines is 1. The molecule has 0 aliphatic heterocycles. The zero-order valence-corrected chi connectivity index (χ0v) is 9.09. The molecule has 1 aromatic carbocycles. The summed E-state index contributed by atoms with van der Waals surface area (Å²) in [5, 5.41) is 17.9. The standard InChI is InChI=1S/C12H11N3O2/c16-15(17)10-3-1-2-9(6-10)12-7-11(13-14-12)8-4-5-8/h1-3,6-8H,4-5H2,(H,13,14). The van der Waals surface area contributed by atoms with Gasteiger partial charge in [-0.25, -0.2) is 0 Å². The van der Waals surface area contributed by atoms with E-state index in [1.165, 1.54) is 18.9 Å². The lowest BCUT2D eigenvalue weighted by Gasteiger charge is -1.95. The molecule has 86 valence electrons. The van der Waals surface area contributed by atoms with Gasteiger partial charge in [0, 0.05) is 29.3 Å². The first kappa shape index (κ1) is 10.0. The van der Waals surface area contributed by atoms with E-state index in [0.717, 1.165) is 17.0 Å². The number of nitro benzene ring substituents is 1. The van der Waals surface area contributed by atoms with Gasteiger partial charge in [0.2, 0.25) is 0 Å². The maximum atomic E-state index is 10.7. The maximum Gasteiger partial charge on any atom is 0.270 e. The Labute approximate surface area is 97.6 Å². The van der Waals surface area contributed by atoms with E-state index in [0.29, 0.717) is 5.92 Å². The van der Waals surface area contributed by atoms with Crippen LogP contribution in [0, 0.1) is 10.1 Å². The Morgan fingerprint density at radius 3 is 2.88 bits per heavy atom.